The van der Waals surface area contributed by atoms with Gasteiger partial charge in [0.2, 0.25) is 0 Å². The number of oxime groups is 1. The summed E-state index contributed by atoms with van der Waals surface area (Å²) in [5.41, 5.74) is 7.81. The van der Waals surface area contributed by atoms with E-state index < -0.39 is 0 Å². The lowest BCUT2D eigenvalue weighted by Gasteiger charge is -2.09. The predicted molar refractivity (Wildman–Crippen MR) is 68.0 cm³/mol. The second-order valence-corrected chi connectivity index (χ2v) is 5.40. The second-order valence-electron chi connectivity index (χ2n) is 3.39. The van der Waals surface area contributed by atoms with Crippen molar-refractivity contribution in [3.05, 3.63) is 23.1 Å². The minimum atomic E-state index is 0.0116. The van der Waals surface area contributed by atoms with Crippen LogP contribution in [0.5, 0.6) is 0 Å². The van der Waals surface area contributed by atoms with E-state index in [2.05, 4.69) is 24.7 Å². The van der Waals surface area contributed by atoms with Gasteiger partial charge in [0.25, 0.3) is 0 Å². The van der Waals surface area contributed by atoms with E-state index in [1.54, 1.807) is 0 Å². The lowest BCUT2D eigenvalue weighted by molar-refractivity contribution is 0.318. The third kappa shape index (κ3) is 2.41. The summed E-state index contributed by atoms with van der Waals surface area (Å²) < 4.78 is 4.63. The molecule has 0 bridgehead atoms. The largest absolute Gasteiger partial charge is 0.409 e. The van der Waals surface area contributed by atoms with Crippen molar-refractivity contribution in [3.63, 3.8) is 0 Å². The van der Waals surface area contributed by atoms with Crippen molar-refractivity contribution < 1.29 is 5.21 Å². The lowest BCUT2D eigenvalue weighted by atomic mass is 10.1. The number of nitrogens with zero attached hydrogens (tertiary/aromatic N) is 5. The van der Waals surface area contributed by atoms with Crippen molar-refractivity contribution in [3.8, 4) is 0 Å². The molecular formula is C9H10N6OS2. The molecule has 0 aliphatic heterocycles. The SMILES string of the molecule is Cc1nnc(Sc2ncns2)c(C(N)=NO)c1C. The molecule has 9 heteroatoms. The van der Waals surface area contributed by atoms with Gasteiger partial charge in [0.1, 0.15) is 11.4 Å². The summed E-state index contributed by atoms with van der Waals surface area (Å²) in [5, 5.41) is 20.5. The molecule has 0 unspecified atom stereocenters. The van der Waals surface area contributed by atoms with Gasteiger partial charge in [0, 0.05) is 0 Å². The first-order valence-corrected chi connectivity index (χ1v) is 6.48. The Kier molecular flexibility index (Phi) is 3.72. The van der Waals surface area contributed by atoms with E-state index in [4.69, 9.17) is 10.9 Å². The molecular weight excluding hydrogens is 272 g/mol. The highest BCUT2D eigenvalue weighted by molar-refractivity contribution is 8.01. The average Bonchev–Trinajstić information content (AvgIpc) is 2.86. The van der Waals surface area contributed by atoms with Crippen LogP contribution in [0.1, 0.15) is 16.8 Å². The summed E-state index contributed by atoms with van der Waals surface area (Å²) in [7, 11) is 0. The Bertz CT molecular complexity index is 583. The zero-order valence-electron chi connectivity index (χ0n) is 9.65. The van der Waals surface area contributed by atoms with E-state index in [0.717, 1.165) is 15.6 Å². The van der Waals surface area contributed by atoms with Crippen LogP contribution in [0, 0.1) is 13.8 Å². The Labute approximate surface area is 111 Å². The molecule has 94 valence electrons. The number of aromatic nitrogens is 4. The molecule has 2 aromatic rings. The Morgan fingerprint density at radius 2 is 2.22 bits per heavy atom. The fourth-order valence-corrected chi connectivity index (χ4v) is 2.80. The molecule has 0 aliphatic rings. The summed E-state index contributed by atoms with van der Waals surface area (Å²) in [6, 6.07) is 0. The third-order valence-corrected chi connectivity index (χ3v) is 4.01. The van der Waals surface area contributed by atoms with E-state index in [0.29, 0.717) is 10.6 Å². The van der Waals surface area contributed by atoms with E-state index in [1.807, 2.05) is 13.8 Å². The molecule has 0 saturated heterocycles. The Balaban J connectivity index is 2.50. The second kappa shape index (κ2) is 5.27. The van der Waals surface area contributed by atoms with Crippen molar-refractivity contribution in [1.29, 1.82) is 0 Å². The fraction of sp³-hybridized carbons (Fsp3) is 0.222. The normalized spacial score (nSPS) is 11.8. The summed E-state index contributed by atoms with van der Waals surface area (Å²) in [4.78, 5) is 4.05. The maximum Gasteiger partial charge on any atom is 0.176 e. The van der Waals surface area contributed by atoms with Crippen LogP contribution in [0.25, 0.3) is 0 Å². The molecule has 0 saturated carbocycles. The molecule has 0 amide bonds. The highest BCUT2D eigenvalue weighted by Crippen LogP contribution is 2.30. The van der Waals surface area contributed by atoms with Gasteiger partial charge >= 0.3 is 0 Å². The standard InChI is InChI=1S/C9H10N6OS2/c1-4-5(2)13-14-8(6(4)7(10)15-16)17-9-11-3-12-18-9/h3,16H,1-2H3,(H2,10,15). The summed E-state index contributed by atoms with van der Waals surface area (Å²) >= 11 is 2.53. The molecule has 2 rings (SSSR count). The average molecular weight is 282 g/mol. The number of hydrogen-bond acceptors (Lipinski definition) is 8. The highest BCUT2D eigenvalue weighted by atomic mass is 32.2. The zero-order valence-corrected chi connectivity index (χ0v) is 11.3. The number of nitrogens with two attached hydrogens (primary N) is 1. The first-order valence-electron chi connectivity index (χ1n) is 4.89. The van der Waals surface area contributed by atoms with Crippen LogP contribution in [-0.2, 0) is 0 Å². The molecule has 0 spiro atoms. The number of rotatable bonds is 3. The number of amidine groups is 1. The van der Waals surface area contributed by atoms with Gasteiger partial charge in [-0.2, -0.15) is 9.47 Å². The van der Waals surface area contributed by atoms with Crippen LogP contribution in [0.2, 0.25) is 0 Å². The quantitative estimate of drug-likeness (QED) is 0.376. The van der Waals surface area contributed by atoms with Crippen LogP contribution in [0.4, 0.5) is 0 Å². The highest BCUT2D eigenvalue weighted by Gasteiger charge is 2.17. The van der Waals surface area contributed by atoms with Crippen molar-refractivity contribution in [1.82, 2.24) is 19.6 Å². The van der Waals surface area contributed by atoms with E-state index in [-0.39, 0.29) is 5.84 Å². The number of hydrogen-bond donors (Lipinski definition) is 2. The van der Waals surface area contributed by atoms with Crippen LogP contribution < -0.4 is 5.73 Å². The van der Waals surface area contributed by atoms with Crippen molar-refractivity contribution in [2.75, 3.05) is 0 Å². The molecule has 2 aromatic heterocycles. The van der Waals surface area contributed by atoms with Crippen molar-refractivity contribution in [2.24, 2.45) is 10.9 Å². The third-order valence-electron chi connectivity index (χ3n) is 2.31. The molecule has 0 atom stereocenters. The summed E-state index contributed by atoms with van der Waals surface area (Å²) in [5.74, 6) is 0.0116. The van der Waals surface area contributed by atoms with Gasteiger partial charge in [-0.1, -0.05) is 5.16 Å². The van der Waals surface area contributed by atoms with Gasteiger partial charge in [-0.15, -0.1) is 5.10 Å². The molecule has 7 nitrogen and oxygen atoms in total. The van der Waals surface area contributed by atoms with Gasteiger partial charge in [0.05, 0.1) is 11.3 Å². The van der Waals surface area contributed by atoms with Crippen LogP contribution in [0.15, 0.2) is 20.8 Å². The van der Waals surface area contributed by atoms with Crippen LogP contribution in [-0.4, -0.2) is 30.6 Å². The lowest BCUT2D eigenvalue weighted by Crippen LogP contribution is -2.18. The van der Waals surface area contributed by atoms with Crippen molar-refractivity contribution in [2.45, 2.75) is 23.2 Å². The van der Waals surface area contributed by atoms with E-state index in [9.17, 15) is 0 Å². The zero-order chi connectivity index (χ0) is 13.1. The maximum atomic E-state index is 8.83. The smallest absolute Gasteiger partial charge is 0.176 e. The summed E-state index contributed by atoms with van der Waals surface area (Å²) in [6.45, 7) is 3.66. The predicted octanol–water partition coefficient (Wildman–Crippen LogP) is 1.19. The van der Waals surface area contributed by atoms with Crippen LogP contribution in [0.3, 0.4) is 0 Å². The first-order chi connectivity index (χ1) is 8.63. The summed E-state index contributed by atoms with van der Waals surface area (Å²) in [6.07, 6.45) is 1.46. The molecule has 18 heavy (non-hydrogen) atoms. The van der Waals surface area contributed by atoms with E-state index in [1.165, 1.54) is 29.6 Å². The van der Waals surface area contributed by atoms with Gasteiger partial charge in [-0.3, -0.25) is 0 Å². The molecule has 0 aliphatic carbocycles. The van der Waals surface area contributed by atoms with Crippen LogP contribution >= 0.6 is 23.3 Å². The molecule has 0 fully saturated rings. The minimum absolute atomic E-state index is 0.0116. The monoisotopic (exact) mass is 282 g/mol. The van der Waals surface area contributed by atoms with E-state index >= 15 is 0 Å². The first kappa shape index (κ1) is 12.7. The molecule has 3 N–H and O–H groups in total. The molecule has 0 radical (unpaired) electrons. The van der Waals surface area contributed by atoms with Gasteiger partial charge < -0.3 is 10.9 Å². The topological polar surface area (TPSA) is 110 Å². The minimum Gasteiger partial charge on any atom is -0.409 e. The number of aryl methyl sites for hydroxylation is 1. The van der Waals surface area contributed by atoms with Crippen molar-refractivity contribution >= 4 is 29.1 Å². The Hall–Kier alpha value is -1.74. The maximum absolute atomic E-state index is 8.83. The van der Waals surface area contributed by atoms with Gasteiger partial charge in [-0.25, -0.2) is 4.98 Å². The Morgan fingerprint density at radius 1 is 1.44 bits per heavy atom. The Morgan fingerprint density at radius 3 is 2.83 bits per heavy atom. The fourth-order valence-electron chi connectivity index (χ4n) is 1.30. The molecule has 2 heterocycles. The van der Waals surface area contributed by atoms with Gasteiger partial charge in [-0.05, 0) is 42.7 Å². The molecule has 0 aromatic carbocycles. The van der Waals surface area contributed by atoms with Gasteiger partial charge in [0.15, 0.2) is 10.2 Å².